The van der Waals surface area contributed by atoms with Crippen molar-refractivity contribution >= 4 is 57.1 Å². The number of pyridine rings is 1. The molecule has 4 rings (SSSR count). The van der Waals surface area contributed by atoms with Crippen molar-refractivity contribution in [2.24, 2.45) is 0 Å². The van der Waals surface area contributed by atoms with Crippen molar-refractivity contribution < 1.29 is 4.79 Å². The molecule has 3 aromatic heterocycles. The molecule has 0 radical (unpaired) electrons. The summed E-state index contributed by atoms with van der Waals surface area (Å²) in [7, 11) is 0. The van der Waals surface area contributed by atoms with Crippen molar-refractivity contribution in [1.29, 1.82) is 0 Å². The highest BCUT2D eigenvalue weighted by atomic mass is 35.5. The van der Waals surface area contributed by atoms with Gasteiger partial charge < -0.3 is 5.32 Å². The summed E-state index contributed by atoms with van der Waals surface area (Å²) >= 11 is 10.6. The first kappa shape index (κ1) is 20.0. The van der Waals surface area contributed by atoms with E-state index in [4.69, 9.17) is 11.6 Å². The minimum atomic E-state index is -0.131. The maximum absolute atomic E-state index is 12.3. The van der Waals surface area contributed by atoms with Crippen LogP contribution in [-0.2, 0) is 17.0 Å². The molecule has 1 amide bonds. The van der Waals surface area contributed by atoms with Crippen LogP contribution >= 0.6 is 46.0 Å². The monoisotopic (exact) mass is 458 g/mol. The number of nitrogens with one attached hydrogen (secondary N) is 1. The molecule has 29 heavy (non-hydrogen) atoms. The molecular formula is C20H15ClN4OS3. The minimum absolute atomic E-state index is 0.131. The van der Waals surface area contributed by atoms with E-state index in [2.05, 4.69) is 20.3 Å². The number of hydrogen-bond acceptors (Lipinski definition) is 7. The van der Waals surface area contributed by atoms with Crippen LogP contribution in [0.15, 0.2) is 63.9 Å². The van der Waals surface area contributed by atoms with E-state index >= 15 is 0 Å². The molecule has 146 valence electrons. The Morgan fingerprint density at radius 1 is 1.14 bits per heavy atom. The van der Waals surface area contributed by atoms with Crippen LogP contribution < -0.4 is 5.32 Å². The molecule has 0 unspecified atom stereocenters. The second-order valence-electron chi connectivity index (χ2n) is 6.03. The zero-order chi connectivity index (χ0) is 20.1. The molecule has 0 aliphatic rings. The van der Waals surface area contributed by atoms with E-state index in [1.807, 2.05) is 47.2 Å². The van der Waals surface area contributed by atoms with Gasteiger partial charge in [-0.2, -0.15) is 0 Å². The summed E-state index contributed by atoms with van der Waals surface area (Å²) < 4.78 is 0.931. The fourth-order valence-corrected chi connectivity index (χ4v) is 5.25. The average molecular weight is 459 g/mol. The van der Waals surface area contributed by atoms with Crippen LogP contribution in [0.4, 0.5) is 5.13 Å². The van der Waals surface area contributed by atoms with Crippen LogP contribution in [-0.4, -0.2) is 20.9 Å². The SMILES string of the molecule is O=C(Cc1csc(SCc2cccc(Cl)c2)n1)Nc1nc(-c2cccnc2)cs1. The Morgan fingerprint density at radius 2 is 2.07 bits per heavy atom. The Balaban J connectivity index is 1.31. The van der Waals surface area contributed by atoms with Crippen molar-refractivity contribution in [3.05, 3.63) is 75.8 Å². The fraction of sp³-hybridized carbons (Fsp3) is 0.100. The van der Waals surface area contributed by atoms with Crippen LogP contribution in [0, 0.1) is 0 Å². The number of amides is 1. The van der Waals surface area contributed by atoms with Gasteiger partial charge in [-0.15, -0.1) is 22.7 Å². The molecule has 0 fully saturated rings. The summed E-state index contributed by atoms with van der Waals surface area (Å²) in [4.78, 5) is 25.4. The van der Waals surface area contributed by atoms with E-state index < -0.39 is 0 Å². The predicted molar refractivity (Wildman–Crippen MR) is 121 cm³/mol. The van der Waals surface area contributed by atoms with Gasteiger partial charge in [-0.25, -0.2) is 9.97 Å². The first-order valence-electron chi connectivity index (χ1n) is 8.63. The lowest BCUT2D eigenvalue weighted by molar-refractivity contribution is -0.115. The number of nitrogens with zero attached hydrogens (tertiary/aromatic N) is 3. The lowest BCUT2D eigenvalue weighted by atomic mass is 10.2. The second-order valence-corrected chi connectivity index (χ2v) is 9.40. The van der Waals surface area contributed by atoms with Gasteiger partial charge >= 0.3 is 0 Å². The molecule has 0 aliphatic carbocycles. The van der Waals surface area contributed by atoms with Crippen molar-refractivity contribution in [2.75, 3.05) is 5.32 Å². The summed E-state index contributed by atoms with van der Waals surface area (Å²) in [5, 5.41) is 7.97. The number of halogens is 1. The van der Waals surface area contributed by atoms with Crippen LogP contribution in [0.2, 0.25) is 5.02 Å². The Kier molecular flexibility index (Phi) is 6.56. The normalized spacial score (nSPS) is 10.8. The van der Waals surface area contributed by atoms with Crippen molar-refractivity contribution in [2.45, 2.75) is 16.5 Å². The first-order chi connectivity index (χ1) is 14.2. The van der Waals surface area contributed by atoms with E-state index in [-0.39, 0.29) is 12.3 Å². The third-order valence-corrected chi connectivity index (χ3v) is 6.97. The van der Waals surface area contributed by atoms with Crippen LogP contribution in [0.5, 0.6) is 0 Å². The number of aromatic nitrogens is 3. The number of benzene rings is 1. The van der Waals surface area contributed by atoms with E-state index in [0.717, 1.165) is 37.6 Å². The first-order valence-corrected chi connectivity index (χ1v) is 11.8. The number of anilines is 1. The minimum Gasteiger partial charge on any atom is -0.302 e. The number of carbonyl (C=O) groups excluding carboxylic acids is 1. The van der Waals surface area contributed by atoms with Crippen molar-refractivity contribution in [1.82, 2.24) is 15.0 Å². The summed E-state index contributed by atoms with van der Waals surface area (Å²) in [5.74, 6) is 0.657. The molecule has 9 heteroatoms. The molecule has 5 nitrogen and oxygen atoms in total. The summed E-state index contributed by atoms with van der Waals surface area (Å²) in [6, 6.07) is 11.6. The molecule has 0 aliphatic heterocycles. The van der Waals surface area contributed by atoms with Gasteiger partial charge in [0.25, 0.3) is 0 Å². The van der Waals surface area contributed by atoms with Gasteiger partial charge in [0, 0.05) is 39.5 Å². The molecule has 1 aromatic carbocycles. The van der Waals surface area contributed by atoms with E-state index in [9.17, 15) is 4.79 Å². The third-order valence-electron chi connectivity index (χ3n) is 3.83. The predicted octanol–water partition coefficient (Wildman–Crippen LogP) is 5.79. The molecule has 4 aromatic rings. The van der Waals surface area contributed by atoms with E-state index in [1.54, 1.807) is 35.5 Å². The van der Waals surface area contributed by atoms with Gasteiger partial charge in [0.15, 0.2) is 5.13 Å². The second kappa shape index (κ2) is 9.49. The molecule has 0 bridgehead atoms. The number of hydrogen-bond donors (Lipinski definition) is 1. The summed E-state index contributed by atoms with van der Waals surface area (Å²) in [6.45, 7) is 0. The van der Waals surface area contributed by atoms with Gasteiger partial charge in [-0.1, -0.05) is 35.5 Å². The average Bonchev–Trinajstić information content (AvgIpc) is 3.37. The van der Waals surface area contributed by atoms with Gasteiger partial charge in [-0.3, -0.25) is 9.78 Å². The molecule has 1 N–H and O–H groups in total. The van der Waals surface area contributed by atoms with E-state index in [1.165, 1.54) is 11.3 Å². The smallest absolute Gasteiger partial charge is 0.232 e. The fourth-order valence-electron chi connectivity index (χ4n) is 2.51. The van der Waals surface area contributed by atoms with Gasteiger partial charge in [0.05, 0.1) is 17.8 Å². The zero-order valence-corrected chi connectivity index (χ0v) is 18.2. The van der Waals surface area contributed by atoms with Crippen molar-refractivity contribution in [3.8, 4) is 11.3 Å². The standard InChI is InChI=1S/C20H15ClN4OS3/c21-15-5-1-3-13(7-15)10-28-20-23-16(11-29-20)8-18(26)25-19-24-17(12-27-19)14-4-2-6-22-9-14/h1-7,9,11-12H,8,10H2,(H,24,25,26). The Hall–Kier alpha value is -2.26. The number of thioether (sulfide) groups is 1. The van der Waals surface area contributed by atoms with Crippen LogP contribution in [0.25, 0.3) is 11.3 Å². The molecule has 0 saturated heterocycles. The summed E-state index contributed by atoms with van der Waals surface area (Å²) in [6.07, 6.45) is 3.68. The van der Waals surface area contributed by atoms with Crippen LogP contribution in [0.1, 0.15) is 11.3 Å². The highest BCUT2D eigenvalue weighted by Crippen LogP contribution is 2.28. The lowest BCUT2D eigenvalue weighted by Crippen LogP contribution is -2.14. The zero-order valence-electron chi connectivity index (χ0n) is 15.0. The van der Waals surface area contributed by atoms with Gasteiger partial charge in [0.2, 0.25) is 5.91 Å². The Bertz CT molecular complexity index is 1110. The molecule has 0 saturated carbocycles. The molecule has 0 spiro atoms. The third kappa shape index (κ3) is 5.63. The topological polar surface area (TPSA) is 67.8 Å². The number of carbonyl (C=O) groups is 1. The van der Waals surface area contributed by atoms with Crippen LogP contribution in [0.3, 0.4) is 0 Å². The summed E-state index contributed by atoms with van der Waals surface area (Å²) in [5.41, 5.74) is 3.62. The largest absolute Gasteiger partial charge is 0.302 e. The Labute approximate surface area is 185 Å². The maximum Gasteiger partial charge on any atom is 0.232 e. The quantitative estimate of drug-likeness (QED) is 0.355. The molecular weight excluding hydrogens is 444 g/mol. The number of rotatable bonds is 7. The van der Waals surface area contributed by atoms with Crippen molar-refractivity contribution in [3.63, 3.8) is 0 Å². The highest BCUT2D eigenvalue weighted by molar-refractivity contribution is 8.00. The van der Waals surface area contributed by atoms with Gasteiger partial charge in [-0.05, 0) is 29.8 Å². The van der Waals surface area contributed by atoms with E-state index in [0.29, 0.717) is 5.13 Å². The molecule has 0 atom stereocenters. The Morgan fingerprint density at radius 3 is 2.90 bits per heavy atom. The maximum atomic E-state index is 12.3. The van der Waals surface area contributed by atoms with Gasteiger partial charge in [0.1, 0.15) is 4.34 Å². The lowest BCUT2D eigenvalue weighted by Gasteiger charge is -2.00. The number of thiazole rings is 2. The molecule has 3 heterocycles. The highest BCUT2D eigenvalue weighted by Gasteiger charge is 2.11.